The lowest BCUT2D eigenvalue weighted by Gasteiger charge is -2.07. The zero-order chi connectivity index (χ0) is 13.4. The fourth-order valence-corrected chi connectivity index (χ4v) is 2.41. The Morgan fingerprint density at radius 3 is 2.47 bits per heavy atom. The summed E-state index contributed by atoms with van der Waals surface area (Å²) < 4.78 is 28.4. The molecule has 0 radical (unpaired) electrons. The number of halogens is 2. The first-order valence-corrected chi connectivity index (χ1v) is 6.13. The van der Waals surface area contributed by atoms with Gasteiger partial charge in [-0.05, 0) is 42.3 Å². The Labute approximate surface area is 110 Å². The fraction of sp³-hybridized carbons (Fsp3) is 0.125. The van der Waals surface area contributed by atoms with Crippen molar-refractivity contribution in [3.05, 3.63) is 71.4 Å². The van der Waals surface area contributed by atoms with Crippen molar-refractivity contribution >= 4 is 10.9 Å². The van der Waals surface area contributed by atoms with Crippen LogP contribution in [0.25, 0.3) is 10.9 Å². The Morgan fingerprint density at radius 1 is 1.00 bits per heavy atom. The van der Waals surface area contributed by atoms with E-state index in [9.17, 15) is 8.78 Å². The molecule has 1 heterocycles. The van der Waals surface area contributed by atoms with Gasteiger partial charge in [0.25, 0.3) is 0 Å². The van der Waals surface area contributed by atoms with E-state index in [4.69, 9.17) is 0 Å². The standard InChI is InChI=1S/C16H13F2N/c1-11-3-2-4-16-15(11)5-6-19(16)10-12-7-13(17)9-14(18)8-12/h2-9H,10H2,1H3. The second-order valence-corrected chi connectivity index (χ2v) is 4.73. The topological polar surface area (TPSA) is 4.93 Å². The van der Waals surface area contributed by atoms with Gasteiger partial charge in [-0.2, -0.15) is 0 Å². The van der Waals surface area contributed by atoms with E-state index < -0.39 is 11.6 Å². The fourth-order valence-electron chi connectivity index (χ4n) is 2.41. The molecule has 3 heteroatoms. The summed E-state index contributed by atoms with van der Waals surface area (Å²) in [6.07, 6.45) is 1.94. The summed E-state index contributed by atoms with van der Waals surface area (Å²) in [6.45, 7) is 2.51. The molecule has 0 fully saturated rings. The third-order valence-electron chi connectivity index (χ3n) is 3.31. The molecule has 1 aromatic heterocycles. The van der Waals surface area contributed by atoms with Crippen molar-refractivity contribution in [2.45, 2.75) is 13.5 Å². The summed E-state index contributed by atoms with van der Waals surface area (Å²) in [7, 11) is 0. The molecule has 96 valence electrons. The first-order valence-electron chi connectivity index (χ1n) is 6.13. The van der Waals surface area contributed by atoms with Crippen LogP contribution in [-0.2, 0) is 6.54 Å². The summed E-state index contributed by atoms with van der Waals surface area (Å²) in [4.78, 5) is 0. The minimum Gasteiger partial charge on any atom is -0.343 e. The van der Waals surface area contributed by atoms with E-state index in [2.05, 4.69) is 13.0 Å². The van der Waals surface area contributed by atoms with Gasteiger partial charge >= 0.3 is 0 Å². The molecule has 0 saturated carbocycles. The zero-order valence-electron chi connectivity index (χ0n) is 10.5. The van der Waals surface area contributed by atoms with Crippen molar-refractivity contribution in [1.29, 1.82) is 0 Å². The molecule has 1 nitrogen and oxygen atoms in total. The molecule has 0 spiro atoms. The highest BCUT2D eigenvalue weighted by atomic mass is 19.1. The van der Waals surface area contributed by atoms with E-state index in [1.807, 2.05) is 29.0 Å². The molecular formula is C16H13F2N. The number of benzene rings is 2. The van der Waals surface area contributed by atoms with E-state index >= 15 is 0 Å². The second-order valence-electron chi connectivity index (χ2n) is 4.73. The maximum Gasteiger partial charge on any atom is 0.126 e. The van der Waals surface area contributed by atoms with E-state index in [0.29, 0.717) is 12.1 Å². The van der Waals surface area contributed by atoms with Gasteiger partial charge in [-0.15, -0.1) is 0 Å². The van der Waals surface area contributed by atoms with Crippen molar-refractivity contribution < 1.29 is 8.78 Å². The highest BCUT2D eigenvalue weighted by Crippen LogP contribution is 2.21. The number of nitrogens with zero attached hydrogens (tertiary/aromatic N) is 1. The minimum atomic E-state index is -0.539. The van der Waals surface area contributed by atoms with Gasteiger partial charge in [0.2, 0.25) is 0 Å². The second kappa shape index (κ2) is 4.50. The van der Waals surface area contributed by atoms with Gasteiger partial charge in [0.15, 0.2) is 0 Å². The lowest BCUT2D eigenvalue weighted by Crippen LogP contribution is -1.99. The highest BCUT2D eigenvalue weighted by molar-refractivity contribution is 5.83. The van der Waals surface area contributed by atoms with Crippen LogP contribution in [0.4, 0.5) is 8.78 Å². The number of aryl methyl sites for hydroxylation is 1. The summed E-state index contributed by atoms with van der Waals surface area (Å²) >= 11 is 0. The average Bonchev–Trinajstić information content (AvgIpc) is 2.73. The Bertz CT molecular complexity index is 723. The summed E-state index contributed by atoms with van der Waals surface area (Å²) in [6, 6.07) is 11.7. The molecule has 0 amide bonds. The molecule has 0 atom stereocenters. The van der Waals surface area contributed by atoms with Crippen LogP contribution in [-0.4, -0.2) is 4.57 Å². The quantitative estimate of drug-likeness (QED) is 0.646. The SMILES string of the molecule is Cc1cccc2c1ccn2Cc1cc(F)cc(F)c1. The van der Waals surface area contributed by atoms with Gasteiger partial charge in [-0.3, -0.25) is 0 Å². The molecule has 3 rings (SSSR count). The number of hydrogen-bond acceptors (Lipinski definition) is 0. The Morgan fingerprint density at radius 2 is 1.74 bits per heavy atom. The summed E-state index contributed by atoms with van der Waals surface area (Å²) in [5.74, 6) is -1.08. The van der Waals surface area contributed by atoms with Crippen LogP contribution in [0.3, 0.4) is 0 Å². The van der Waals surface area contributed by atoms with Crippen LogP contribution in [0.2, 0.25) is 0 Å². The maximum atomic E-state index is 13.2. The molecule has 0 aliphatic carbocycles. The normalized spacial score (nSPS) is 11.1. The predicted octanol–water partition coefficient (Wildman–Crippen LogP) is 4.28. The third-order valence-corrected chi connectivity index (χ3v) is 3.31. The summed E-state index contributed by atoms with van der Waals surface area (Å²) in [5.41, 5.74) is 2.89. The first kappa shape index (κ1) is 11.9. The number of rotatable bonds is 2. The zero-order valence-corrected chi connectivity index (χ0v) is 10.5. The van der Waals surface area contributed by atoms with Crippen molar-refractivity contribution in [2.24, 2.45) is 0 Å². The van der Waals surface area contributed by atoms with Crippen LogP contribution in [0.15, 0.2) is 48.7 Å². The average molecular weight is 257 g/mol. The van der Waals surface area contributed by atoms with Crippen molar-refractivity contribution in [2.75, 3.05) is 0 Å². The van der Waals surface area contributed by atoms with Crippen molar-refractivity contribution in [3.8, 4) is 0 Å². The van der Waals surface area contributed by atoms with Gasteiger partial charge in [0, 0.05) is 29.7 Å². The van der Waals surface area contributed by atoms with E-state index in [1.165, 1.54) is 23.1 Å². The van der Waals surface area contributed by atoms with Gasteiger partial charge in [0.1, 0.15) is 11.6 Å². The molecule has 0 aliphatic rings. The molecule has 0 saturated heterocycles. The number of hydrogen-bond donors (Lipinski definition) is 0. The number of aromatic nitrogens is 1. The first-order chi connectivity index (χ1) is 9.13. The highest BCUT2D eigenvalue weighted by Gasteiger charge is 2.05. The number of fused-ring (bicyclic) bond motifs is 1. The Hall–Kier alpha value is -2.16. The monoisotopic (exact) mass is 257 g/mol. The Kier molecular flexibility index (Phi) is 2.82. The molecule has 0 bridgehead atoms. The summed E-state index contributed by atoms with van der Waals surface area (Å²) in [5, 5.41) is 1.17. The van der Waals surface area contributed by atoms with Gasteiger partial charge in [-0.1, -0.05) is 12.1 Å². The Balaban J connectivity index is 2.04. The molecular weight excluding hydrogens is 244 g/mol. The van der Waals surface area contributed by atoms with Crippen LogP contribution in [0, 0.1) is 18.6 Å². The van der Waals surface area contributed by atoms with Crippen molar-refractivity contribution in [1.82, 2.24) is 4.57 Å². The van der Waals surface area contributed by atoms with Crippen LogP contribution in [0.1, 0.15) is 11.1 Å². The molecule has 3 aromatic rings. The lowest BCUT2D eigenvalue weighted by molar-refractivity contribution is 0.578. The van der Waals surface area contributed by atoms with Crippen LogP contribution in [0.5, 0.6) is 0 Å². The van der Waals surface area contributed by atoms with Crippen LogP contribution < -0.4 is 0 Å². The molecule has 0 N–H and O–H groups in total. The molecule has 0 aliphatic heterocycles. The minimum absolute atomic E-state index is 0.460. The largest absolute Gasteiger partial charge is 0.343 e. The van der Waals surface area contributed by atoms with Crippen molar-refractivity contribution in [3.63, 3.8) is 0 Å². The van der Waals surface area contributed by atoms with Gasteiger partial charge in [0.05, 0.1) is 0 Å². The molecule has 0 unspecified atom stereocenters. The van der Waals surface area contributed by atoms with E-state index in [0.717, 1.165) is 11.6 Å². The molecule has 2 aromatic carbocycles. The predicted molar refractivity (Wildman–Crippen MR) is 72.1 cm³/mol. The third kappa shape index (κ3) is 2.24. The van der Waals surface area contributed by atoms with E-state index in [1.54, 1.807) is 0 Å². The van der Waals surface area contributed by atoms with Gasteiger partial charge in [-0.25, -0.2) is 8.78 Å². The maximum absolute atomic E-state index is 13.2. The van der Waals surface area contributed by atoms with Crippen LogP contribution >= 0.6 is 0 Å². The molecule has 19 heavy (non-hydrogen) atoms. The smallest absolute Gasteiger partial charge is 0.126 e. The van der Waals surface area contributed by atoms with E-state index in [-0.39, 0.29) is 0 Å². The lowest BCUT2D eigenvalue weighted by atomic mass is 10.1. The van der Waals surface area contributed by atoms with Gasteiger partial charge < -0.3 is 4.57 Å².